The molecule has 0 aliphatic rings. The molecule has 0 N–H and O–H groups in total. The van der Waals surface area contributed by atoms with Gasteiger partial charge in [0.15, 0.2) is 16.1 Å². The zero-order chi connectivity index (χ0) is 14.7. The number of thioether (sulfide) groups is 2. The van der Waals surface area contributed by atoms with Gasteiger partial charge in [0.05, 0.1) is 13.3 Å². The third-order valence-electron chi connectivity index (χ3n) is 2.95. The Morgan fingerprint density at radius 2 is 1.95 bits per heavy atom. The predicted molar refractivity (Wildman–Crippen MR) is 85.1 cm³/mol. The van der Waals surface area contributed by atoms with Gasteiger partial charge in [-0.15, -0.1) is 10.2 Å². The van der Waals surface area contributed by atoms with Crippen molar-refractivity contribution in [3.63, 3.8) is 0 Å². The first-order chi connectivity index (χ1) is 10.3. The summed E-state index contributed by atoms with van der Waals surface area (Å²) < 4.78 is 7.24. The number of methoxy groups -OCH3 is 1. The molecule has 0 spiro atoms. The van der Waals surface area contributed by atoms with Crippen molar-refractivity contribution in [2.24, 2.45) is 0 Å². The third kappa shape index (κ3) is 2.84. The van der Waals surface area contributed by atoms with Crippen molar-refractivity contribution < 1.29 is 4.74 Å². The Morgan fingerprint density at radius 1 is 1.14 bits per heavy atom. The first kappa shape index (κ1) is 14.2. The van der Waals surface area contributed by atoms with Gasteiger partial charge in [0, 0.05) is 5.75 Å². The van der Waals surface area contributed by atoms with Crippen molar-refractivity contribution in [1.82, 2.24) is 19.6 Å². The molecule has 0 atom stereocenters. The minimum absolute atomic E-state index is 0.631. The Hall–Kier alpha value is -1.73. The Kier molecular flexibility index (Phi) is 4.31. The van der Waals surface area contributed by atoms with Gasteiger partial charge < -0.3 is 4.74 Å². The zero-order valence-electron chi connectivity index (χ0n) is 11.7. The van der Waals surface area contributed by atoms with Crippen LogP contribution in [0.4, 0.5) is 0 Å². The van der Waals surface area contributed by atoms with Crippen molar-refractivity contribution in [2.75, 3.05) is 13.4 Å². The van der Waals surface area contributed by atoms with Crippen LogP contribution in [-0.4, -0.2) is 32.9 Å². The van der Waals surface area contributed by atoms with E-state index in [2.05, 4.69) is 27.3 Å². The molecule has 1 aromatic carbocycles. The molecule has 7 heteroatoms. The second-order valence-electron chi connectivity index (χ2n) is 4.23. The van der Waals surface area contributed by atoms with E-state index in [-0.39, 0.29) is 0 Å². The minimum atomic E-state index is 0.631. The third-order valence-corrected chi connectivity index (χ3v) is 4.60. The molecule has 5 nitrogen and oxygen atoms in total. The van der Waals surface area contributed by atoms with Crippen LogP contribution in [-0.2, 0) is 5.75 Å². The Balaban J connectivity index is 1.95. The summed E-state index contributed by atoms with van der Waals surface area (Å²) in [5.41, 5.74) is 1.95. The molecule has 0 fully saturated rings. The van der Waals surface area contributed by atoms with Gasteiger partial charge in [-0.2, -0.15) is 0 Å². The summed E-state index contributed by atoms with van der Waals surface area (Å²) >= 11 is 3.20. The molecule has 3 rings (SSSR count). The van der Waals surface area contributed by atoms with Crippen LogP contribution < -0.4 is 4.74 Å². The van der Waals surface area contributed by atoms with E-state index in [1.807, 2.05) is 28.9 Å². The highest BCUT2D eigenvalue weighted by atomic mass is 32.2. The predicted octanol–water partition coefficient (Wildman–Crippen LogP) is 3.15. The van der Waals surface area contributed by atoms with Gasteiger partial charge in [-0.1, -0.05) is 53.9 Å². The van der Waals surface area contributed by atoms with Crippen LogP contribution in [0.5, 0.6) is 5.75 Å². The summed E-state index contributed by atoms with van der Waals surface area (Å²) in [7, 11) is 1.61. The maximum Gasteiger partial charge on any atom is 0.207 e. The van der Waals surface area contributed by atoms with Crippen LogP contribution in [0.15, 0.2) is 46.8 Å². The van der Waals surface area contributed by atoms with Crippen LogP contribution in [0.2, 0.25) is 0 Å². The number of aromatic nitrogens is 4. The molecule has 108 valence electrons. The molecule has 2 heterocycles. The van der Waals surface area contributed by atoms with Crippen LogP contribution in [0.25, 0.3) is 5.65 Å². The quantitative estimate of drug-likeness (QED) is 0.532. The maximum absolute atomic E-state index is 5.30. The fraction of sp³-hybridized carbons (Fsp3) is 0.214. The topological polar surface area (TPSA) is 52.3 Å². The minimum Gasteiger partial charge on any atom is -0.491 e. The van der Waals surface area contributed by atoms with E-state index in [0.29, 0.717) is 11.4 Å². The standard InChI is InChI=1S/C14H14N4OS2/c1-19-11-8-15-13(20-2)18-12(11)16-17-14(18)21-9-10-6-4-3-5-7-10/h3-8H,9H2,1-2H3. The summed E-state index contributed by atoms with van der Waals surface area (Å²) in [6.45, 7) is 0. The van der Waals surface area contributed by atoms with E-state index in [4.69, 9.17) is 4.74 Å². The molecule has 0 unspecified atom stereocenters. The number of nitrogens with zero attached hydrogens (tertiary/aromatic N) is 4. The second-order valence-corrected chi connectivity index (χ2v) is 5.95. The highest BCUT2D eigenvalue weighted by Gasteiger charge is 2.15. The first-order valence-corrected chi connectivity index (χ1v) is 8.53. The summed E-state index contributed by atoms with van der Waals surface area (Å²) in [6, 6.07) is 10.3. The zero-order valence-corrected chi connectivity index (χ0v) is 13.3. The lowest BCUT2D eigenvalue weighted by Gasteiger charge is -2.06. The SMILES string of the molecule is COc1cnc(SC)n2c(SCc3ccccc3)nnc12. The van der Waals surface area contributed by atoms with E-state index in [1.165, 1.54) is 5.56 Å². The molecule has 0 saturated carbocycles. The highest BCUT2D eigenvalue weighted by Crippen LogP contribution is 2.28. The molecule has 0 aliphatic heterocycles. The fourth-order valence-electron chi connectivity index (χ4n) is 1.93. The summed E-state index contributed by atoms with van der Waals surface area (Å²) in [6.07, 6.45) is 3.67. The van der Waals surface area contributed by atoms with Crippen molar-refractivity contribution in [3.8, 4) is 5.75 Å². The van der Waals surface area contributed by atoms with Gasteiger partial charge in [0.2, 0.25) is 5.65 Å². The molecule has 0 bridgehead atoms. The lowest BCUT2D eigenvalue weighted by molar-refractivity contribution is 0.412. The van der Waals surface area contributed by atoms with Gasteiger partial charge >= 0.3 is 0 Å². The van der Waals surface area contributed by atoms with Gasteiger partial charge in [0.25, 0.3) is 0 Å². The summed E-state index contributed by atoms with van der Waals surface area (Å²) in [5.74, 6) is 1.47. The summed E-state index contributed by atoms with van der Waals surface area (Å²) in [5, 5.41) is 10.2. The summed E-state index contributed by atoms with van der Waals surface area (Å²) in [4.78, 5) is 4.39. The van der Waals surface area contributed by atoms with Crippen molar-refractivity contribution in [1.29, 1.82) is 0 Å². The fourth-order valence-corrected chi connectivity index (χ4v) is 3.40. The average Bonchev–Trinajstić information content (AvgIpc) is 2.97. The lowest BCUT2D eigenvalue weighted by atomic mass is 10.2. The van der Waals surface area contributed by atoms with Crippen molar-refractivity contribution >= 4 is 29.2 Å². The van der Waals surface area contributed by atoms with Crippen LogP contribution in [0.1, 0.15) is 5.56 Å². The van der Waals surface area contributed by atoms with Crippen molar-refractivity contribution in [2.45, 2.75) is 16.1 Å². The van der Waals surface area contributed by atoms with E-state index >= 15 is 0 Å². The molecule has 0 amide bonds. The number of ether oxygens (including phenoxy) is 1. The van der Waals surface area contributed by atoms with E-state index < -0.39 is 0 Å². The van der Waals surface area contributed by atoms with Gasteiger partial charge in [0.1, 0.15) is 0 Å². The normalized spacial score (nSPS) is 11.0. The molecular formula is C14H14N4OS2. The van der Waals surface area contributed by atoms with Gasteiger partial charge in [-0.3, -0.25) is 0 Å². The van der Waals surface area contributed by atoms with E-state index in [1.54, 1.807) is 36.8 Å². The first-order valence-electron chi connectivity index (χ1n) is 6.32. The Bertz CT molecular complexity index is 745. The largest absolute Gasteiger partial charge is 0.491 e. The lowest BCUT2D eigenvalue weighted by Crippen LogP contribution is -1.98. The number of hydrogen-bond donors (Lipinski definition) is 0. The smallest absolute Gasteiger partial charge is 0.207 e. The van der Waals surface area contributed by atoms with E-state index in [9.17, 15) is 0 Å². The monoisotopic (exact) mass is 318 g/mol. The molecule has 0 saturated heterocycles. The van der Waals surface area contributed by atoms with Crippen molar-refractivity contribution in [3.05, 3.63) is 42.1 Å². The molecule has 3 aromatic rings. The molecule has 21 heavy (non-hydrogen) atoms. The number of fused-ring (bicyclic) bond motifs is 1. The maximum atomic E-state index is 5.30. The number of rotatable bonds is 5. The van der Waals surface area contributed by atoms with Crippen LogP contribution in [0.3, 0.4) is 0 Å². The van der Waals surface area contributed by atoms with E-state index in [0.717, 1.165) is 16.1 Å². The molecule has 0 radical (unpaired) electrons. The van der Waals surface area contributed by atoms with Crippen LogP contribution in [0, 0.1) is 0 Å². The molecule has 2 aromatic heterocycles. The molecule has 0 aliphatic carbocycles. The molecular weight excluding hydrogens is 304 g/mol. The number of hydrogen-bond acceptors (Lipinski definition) is 6. The number of benzene rings is 1. The van der Waals surface area contributed by atoms with Crippen LogP contribution >= 0.6 is 23.5 Å². The van der Waals surface area contributed by atoms with Gasteiger partial charge in [-0.05, 0) is 11.8 Å². The Labute approximate surface area is 131 Å². The highest BCUT2D eigenvalue weighted by molar-refractivity contribution is 7.99. The average molecular weight is 318 g/mol. The second kappa shape index (κ2) is 6.36. The van der Waals surface area contributed by atoms with Gasteiger partial charge in [-0.25, -0.2) is 9.38 Å². The Morgan fingerprint density at radius 3 is 2.67 bits per heavy atom.